The molecule has 4 heteroatoms. The zero-order valence-corrected chi connectivity index (χ0v) is 8.51. The molecule has 3 nitrogen and oxygen atoms in total. The number of aromatic nitrogens is 2. The van der Waals surface area contributed by atoms with E-state index in [1.54, 1.807) is 4.68 Å². The zero-order valence-electron chi connectivity index (χ0n) is 7.76. The van der Waals surface area contributed by atoms with Gasteiger partial charge in [-0.05, 0) is 25.7 Å². The van der Waals surface area contributed by atoms with Gasteiger partial charge < -0.3 is 5.73 Å². The monoisotopic (exact) mass is 199 g/mol. The van der Waals surface area contributed by atoms with Gasteiger partial charge in [-0.1, -0.05) is 11.6 Å². The predicted octanol–water partition coefficient (Wildman–Crippen LogP) is 1.50. The van der Waals surface area contributed by atoms with Crippen LogP contribution in [-0.4, -0.2) is 15.3 Å². The number of hydrogen-bond donors (Lipinski definition) is 1. The highest BCUT2D eigenvalue weighted by molar-refractivity contribution is 6.30. The molecule has 1 aliphatic rings. The Hall–Kier alpha value is -0.540. The topological polar surface area (TPSA) is 43.8 Å². The van der Waals surface area contributed by atoms with E-state index in [2.05, 4.69) is 5.10 Å². The molecule has 0 atom stereocenters. The maximum absolute atomic E-state index is 6.02. The van der Waals surface area contributed by atoms with Gasteiger partial charge in [-0.15, -0.1) is 0 Å². The van der Waals surface area contributed by atoms with Crippen molar-refractivity contribution in [3.8, 4) is 0 Å². The number of hydrogen-bond acceptors (Lipinski definition) is 2. The van der Waals surface area contributed by atoms with Crippen molar-refractivity contribution in [3.63, 3.8) is 0 Å². The molecular formula is C9H14ClN3. The van der Waals surface area contributed by atoms with Gasteiger partial charge in [-0.25, -0.2) is 0 Å². The van der Waals surface area contributed by atoms with Crippen molar-refractivity contribution in [3.05, 3.63) is 16.9 Å². The second-order valence-electron chi connectivity index (χ2n) is 3.95. The first-order valence-corrected chi connectivity index (χ1v) is 4.94. The Morgan fingerprint density at radius 1 is 1.69 bits per heavy atom. The molecule has 72 valence electrons. The van der Waals surface area contributed by atoms with Crippen LogP contribution < -0.4 is 5.73 Å². The summed E-state index contributed by atoms with van der Waals surface area (Å²) >= 11 is 6.02. The summed E-state index contributed by atoms with van der Waals surface area (Å²) in [5, 5.41) is 4.82. The van der Waals surface area contributed by atoms with Gasteiger partial charge in [0, 0.05) is 18.2 Å². The van der Waals surface area contributed by atoms with Crippen LogP contribution in [0.1, 0.15) is 24.8 Å². The molecule has 1 aromatic rings. The van der Waals surface area contributed by atoms with Crippen LogP contribution in [0.25, 0.3) is 0 Å². The van der Waals surface area contributed by atoms with E-state index in [4.69, 9.17) is 17.3 Å². The van der Waals surface area contributed by atoms with E-state index in [9.17, 15) is 0 Å². The Morgan fingerprint density at radius 2 is 2.38 bits per heavy atom. The maximum atomic E-state index is 6.02. The normalized spacial score (nSPS) is 19.0. The molecule has 0 amide bonds. The minimum Gasteiger partial charge on any atom is -0.325 e. The lowest BCUT2D eigenvalue weighted by atomic mass is 10.1. The van der Waals surface area contributed by atoms with Gasteiger partial charge >= 0.3 is 0 Å². The van der Waals surface area contributed by atoms with E-state index in [1.165, 1.54) is 0 Å². The van der Waals surface area contributed by atoms with E-state index in [-0.39, 0.29) is 5.54 Å². The first-order chi connectivity index (χ1) is 6.11. The molecule has 1 aromatic heterocycles. The van der Waals surface area contributed by atoms with E-state index < -0.39 is 0 Å². The second-order valence-corrected chi connectivity index (χ2v) is 4.30. The molecule has 1 heterocycles. The van der Waals surface area contributed by atoms with Crippen molar-refractivity contribution >= 4 is 11.6 Å². The van der Waals surface area contributed by atoms with Crippen molar-refractivity contribution in [2.75, 3.05) is 0 Å². The van der Waals surface area contributed by atoms with Gasteiger partial charge in [-0.2, -0.15) is 5.10 Å². The molecule has 0 unspecified atom stereocenters. The number of rotatable bonds is 3. The maximum Gasteiger partial charge on any atom is 0.129 e. The molecule has 13 heavy (non-hydrogen) atoms. The average Bonchev–Trinajstić information content (AvgIpc) is 2.75. The fourth-order valence-electron chi connectivity index (χ4n) is 1.43. The van der Waals surface area contributed by atoms with Crippen molar-refractivity contribution in [2.24, 2.45) is 12.8 Å². The number of halogens is 1. The predicted molar refractivity (Wildman–Crippen MR) is 52.7 cm³/mol. The van der Waals surface area contributed by atoms with Crippen molar-refractivity contribution < 1.29 is 0 Å². The first-order valence-electron chi connectivity index (χ1n) is 4.56. The molecule has 0 saturated heterocycles. The molecule has 1 fully saturated rings. The number of aryl methyl sites for hydroxylation is 2. The molecule has 0 aliphatic heterocycles. The number of nitrogens with zero attached hydrogens (tertiary/aromatic N) is 2. The summed E-state index contributed by atoms with van der Waals surface area (Å²) in [6.45, 7) is 0. The standard InChI is InChI=1S/C9H14ClN3/c1-13-8(10)7(6-12-13)2-3-9(11)4-5-9/h6H,2-5,11H2,1H3. The minimum absolute atomic E-state index is 0.110. The largest absolute Gasteiger partial charge is 0.325 e. The van der Waals surface area contributed by atoms with Crippen molar-refractivity contribution in [1.82, 2.24) is 9.78 Å². The molecule has 1 aliphatic carbocycles. The Bertz CT molecular complexity index is 315. The SMILES string of the molecule is Cn1ncc(CCC2(N)CC2)c1Cl. The summed E-state index contributed by atoms with van der Waals surface area (Å²) in [5.41, 5.74) is 7.20. The summed E-state index contributed by atoms with van der Waals surface area (Å²) in [6.07, 6.45) is 6.12. The van der Waals surface area contributed by atoms with Crippen molar-refractivity contribution in [1.29, 1.82) is 0 Å². The highest BCUT2D eigenvalue weighted by Gasteiger charge is 2.37. The molecular weight excluding hydrogens is 186 g/mol. The Labute approximate surface area is 82.9 Å². The average molecular weight is 200 g/mol. The van der Waals surface area contributed by atoms with E-state index >= 15 is 0 Å². The lowest BCUT2D eigenvalue weighted by molar-refractivity contribution is 0.609. The molecule has 0 spiro atoms. The third-order valence-corrected chi connectivity index (χ3v) is 3.21. The number of nitrogens with two attached hydrogens (primary N) is 1. The van der Waals surface area contributed by atoms with Gasteiger partial charge in [0.25, 0.3) is 0 Å². The molecule has 0 aromatic carbocycles. The van der Waals surface area contributed by atoms with Crippen LogP contribution in [-0.2, 0) is 13.5 Å². The summed E-state index contributed by atoms with van der Waals surface area (Å²) in [5.74, 6) is 0. The third kappa shape index (κ3) is 1.86. The van der Waals surface area contributed by atoms with Gasteiger partial charge in [-0.3, -0.25) is 4.68 Å². The quantitative estimate of drug-likeness (QED) is 0.802. The third-order valence-electron chi connectivity index (χ3n) is 2.72. The van der Waals surface area contributed by atoms with E-state index in [0.717, 1.165) is 36.4 Å². The molecule has 1 saturated carbocycles. The molecule has 0 radical (unpaired) electrons. The zero-order chi connectivity index (χ0) is 9.47. The lowest BCUT2D eigenvalue weighted by Gasteiger charge is -2.06. The van der Waals surface area contributed by atoms with Crippen molar-refractivity contribution in [2.45, 2.75) is 31.2 Å². The highest BCUT2D eigenvalue weighted by Crippen LogP contribution is 2.37. The van der Waals surface area contributed by atoms with Crippen LogP contribution in [0.15, 0.2) is 6.20 Å². The van der Waals surface area contributed by atoms with E-state index in [0.29, 0.717) is 0 Å². The van der Waals surface area contributed by atoms with Gasteiger partial charge in [0.1, 0.15) is 5.15 Å². The molecule has 2 rings (SSSR count). The minimum atomic E-state index is 0.110. The van der Waals surface area contributed by atoms with Crippen LogP contribution in [0.4, 0.5) is 0 Å². The summed E-state index contributed by atoms with van der Waals surface area (Å²) in [6, 6.07) is 0. The van der Waals surface area contributed by atoms with Crippen LogP contribution in [0.3, 0.4) is 0 Å². The van der Waals surface area contributed by atoms with Crippen LogP contribution >= 0.6 is 11.6 Å². The molecule has 2 N–H and O–H groups in total. The van der Waals surface area contributed by atoms with E-state index in [1.807, 2.05) is 13.2 Å². The lowest BCUT2D eigenvalue weighted by Crippen LogP contribution is -2.22. The Balaban J connectivity index is 1.97. The van der Waals surface area contributed by atoms with Gasteiger partial charge in [0.15, 0.2) is 0 Å². The van der Waals surface area contributed by atoms with Crippen LogP contribution in [0.2, 0.25) is 5.15 Å². The van der Waals surface area contributed by atoms with Gasteiger partial charge in [0.05, 0.1) is 6.20 Å². The van der Waals surface area contributed by atoms with Crippen LogP contribution in [0, 0.1) is 0 Å². The Morgan fingerprint density at radius 3 is 2.85 bits per heavy atom. The summed E-state index contributed by atoms with van der Waals surface area (Å²) in [4.78, 5) is 0. The Kier molecular flexibility index (Phi) is 2.08. The summed E-state index contributed by atoms with van der Waals surface area (Å²) < 4.78 is 1.69. The van der Waals surface area contributed by atoms with Gasteiger partial charge in [0.2, 0.25) is 0 Å². The summed E-state index contributed by atoms with van der Waals surface area (Å²) in [7, 11) is 1.85. The highest BCUT2D eigenvalue weighted by atomic mass is 35.5. The molecule has 0 bridgehead atoms. The first kappa shape index (κ1) is 9.03. The smallest absolute Gasteiger partial charge is 0.129 e. The fraction of sp³-hybridized carbons (Fsp3) is 0.667. The van der Waals surface area contributed by atoms with Crippen LogP contribution in [0.5, 0.6) is 0 Å². The second kappa shape index (κ2) is 3.00. The fourth-order valence-corrected chi connectivity index (χ4v) is 1.62.